The fourth-order valence-corrected chi connectivity index (χ4v) is 4.32. The summed E-state index contributed by atoms with van der Waals surface area (Å²) in [5, 5.41) is 11.7. The third-order valence-corrected chi connectivity index (χ3v) is 6.00. The first-order valence-corrected chi connectivity index (χ1v) is 9.91. The third kappa shape index (κ3) is 3.72. The number of thioether (sulfide) groups is 1. The van der Waals surface area contributed by atoms with Crippen molar-refractivity contribution in [2.75, 3.05) is 5.32 Å². The molecule has 0 saturated carbocycles. The molecule has 0 fully saturated rings. The van der Waals surface area contributed by atoms with Crippen molar-refractivity contribution < 1.29 is 13.6 Å². The van der Waals surface area contributed by atoms with Crippen LogP contribution in [-0.4, -0.2) is 16.1 Å². The van der Waals surface area contributed by atoms with Crippen molar-refractivity contribution in [3.05, 3.63) is 71.2 Å². The molecule has 0 aliphatic rings. The van der Waals surface area contributed by atoms with Gasteiger partial charge < -0.3 is 4.42 Å². The summed E-state index contributed by atoms with van der Waals surface area (Å²) < 4.78 is 20.0. The van der Waals surface area contributed by atoms with Crippen LogP contribution in [0.3, 0.4) is 0 Å². The van der Waals surface area contributed by atoms with Gasteiger partial charge in [0.05, 0.1) is 0 Å². The summed E-state index contributed by atoms with van der Waals surface area (Å²) in [4.78, 5) is 12.5. The maximum absolute atomic E-state index is 13.8. The van der Waals surface area contributed by atoms with Gasteiger partial charge in [-0.25, -0.2) is 4.39 Å². The van der Waals surface area contributed by atoms with E-state index in [0.29, 0.717) is 16.1 Å². The molecule has 27 heavy (non-hydrogen) atoms. The van der Waals surface area contributed by atoms with E-state index in [1.165, 1.54) is 23.0 Å². The zero-order valence-corrected chi connectivity index (χ0v) is 15.9. The number of anilines is 1. The Balaban J connectivity index is 1.47. The molecule has 136 valence electrons. The van der Waals surface area contributed by atoms with E-state index in [4.69, 9.17) is 4.42 Å². The molecule has 1 amide bonds. The lowest BCUT2D eigenvalue weighted by atomic mass is 10.1. The molecular formula is C19H14FN3O2S2. The molecule has 8 heteroatoms. The monoisotopic (exact) mass is 399 g/mol. The maximum atomic E-state index is 13.8. The van der Waals surface area contributed by atoms with Crippen LogP contribution in [0, 0.1) is 12.7 Å². The quantitative estimate of drug-likeness (QED) is 0.365. The number of nitrogens with one attached hydrogen (secondary N) is 1. The summed E-state index contributed by atoms with van der Waals surface area (Å²) in [5.41, 5.74) is 1.85. The van der Waals surface area contributed by atoms with Gasteiger partial charge in [-0.05, 0) is 18.6 Å². The number of carbonyl (C=O) groups excluding carboxylic acids is 1. The molecule has 0 atom stereocenters. The van der Waals surface area contributed by atoms with Crippen LogP contribution < -0.4 is 5.32 Å². The molecule has 2 aromatic carbocycles. The van der Waals surface area contributed by atoms with Crippen molar-refractivity contribution in [2.24, 2.45) is 0 Å². The largest absolute Gasteiger partial charge is 0.448 e. The molecule has 0 unspecified atom stereocenters. The van der Waals surface area contributed by atoms with E-state index >= 15 is 0 Å². The molecule has 0 aliphatic carbocycles. The SMILES string of the molecule is Cc1c(C(=O)Nc2nnc(SCc3ccccc3)s2)oc2c(F)cccc12. The van der Waals surface area contributed by atoms with E-state index in [-0.39, 0.29) is 11.3 Å². The van der Waals surface area contributed by atoms with Gasteiger partial charge in [0.1, 0.15) is 0 Å². The molecular weight excluding hydrogens is 385 g/mol. The average Bonchev–Trinajstić information content (AvgIpc) is 3.26. The van der Waals surface area contributed by atoms with Crippen molar-refractivity contribution in [3.63, 3.8) is 0 Å². The minimum absolute atomic E-state index is 0.0730. The Morgan fingerprint density at radius 1 is 1.19 bits per heavy atom. The van der Waals surface area contributed by atoms with Crippen molar-refractivity contribution in [1.29, 1.82) is 0 Å². The molecule has 2 aromatic heterocycles. The van der Waals surface area contributed by atoms with E-state index in [1.807, 2.05) is 30.3 Å². The van der Waals surface area contributed by atoms with Gasteiger partial charge in [0.2, 0.25) is 5.13 Å². The third-order valence-electron chi connectivity index (χ3n) is 3.95. The van der Waals surface area contributed by atoms with Gasteiger partial charge in [0.25, 0.3) is 5.91 Å². The van der Waals surface area contributed by atoms with Crippen molar-refractivity contribution >= 4 is 45.1 Å². The lowest BCUT2D eigenvalue weighted by molar-refractivity contribution is 0.0997. The second-order valence-corrected chi connectivity index (χ2v) is 7.97. The molecule has 2 heterocycles. The summed E-state index contributed by atoms with van der Waals surface area (Å²) in [5.74, 6) is -0.126. The van der Waals surface area contributed by atoms with E-state index in [2.05, 4.69) is 15.5 Å². The lowest BCUT2D eigenvalue weighted by Crippen LogP contribution is -2.11. The highest BCUT2D eigenvalue weighted by Crippen LogP contribution is 2.30. The first-order chi connectivity index (χ1) is 13.1. The van der Waals surface area contributed by atoms with E-state index in [9.17, 15) is 9.18 Å². The van der Waals surface area contributed by atoms with Crippen LogP contribution in [0.2, 0.25) is 0 Å². The summed E-state index contributed by atoms with van der Waals surface area (Å²) in [7, 11) is 0. The number of furan rings is 1. The zero-order chi connectivity index (χ0) is 18.8. The standard InChI is InChI=1S/C19H14FN3O2S2/c1-11-13-8-5-9-14(20)16(13)25-15(11)17(24)21-18-22-23-19(27-18)26-10-12-6-3-2-4-7-12/h2-9H,10H2,1H3,(H,21,22,24). The maximum Gasteiger partial charge on any atom is 0.293 e. The number of hydrogen-bond acceptors (Lipinski definition) is 6. The van der Waals surface area contributed by atoms with Gasteiger partial charge in [0, 0.05) is 16.7 Å². The van der Waals surface area contributed by atoms with Crippen molar-refractivity contribution in [1.82, 2.24) is 10.2 Å². The minimum Gasteiger partial charge on any atom is -0.448 e. The number of rotatable bonds is 5. The van der Waals surface area contributed by atoms with Gasteiger partial charge in [-0.15, -0.1) is 10.2 Å². The molecule has 0 saturated heterocycles. The van der Waals surface area contributed by atoms with Crippen molar-refractivity contribution in [3.8, 4) is 0 Å². The number of para-hydroxylation sites is 1. The zero-order valence-electron chi connectivity index (χ0n) is 14.2. The fraction of sp³-hybridized carbons (Fsp3) is 0.105. The molecule has 0 spiro atoms. The Hall–Kier alpha value is -2.71. The number of nitrogens with zero attached hydrogens (tertiary/aromatic N) is 2. The predicted octanol–water partition coefficient (Wildman–Crippen LogP) is 5.28. The molecule has 4 rings (SSSR count). The number of fused-ring (bicyclic) bond motifs is 1. The Morgan fingerprint density at radius 3 is 2.78 bits per heavy atom. The second kappa shape index (κ2) is 7.50. The van der Waals surface area contributed by atoms with Crippen molar-refractivity contribution in [2.45, 2.75) is 17.0 Å². The van der Waals surface area contributed by atoms with Crippen LogP contribution in [-0.2, 0) is 5.75 Å². The summed E-state index contributed by atoms with van der Waals surface area (Å²) >= 11 is 2.83. The number of amides is 1. The number of aromatic nitrogens is 2. The first-order valence-electron chi connectivity index (χ1n) is 8.11. The van der Waals surface area contributed by atoms with Crippen LogP contribution in [0.25, 0.3) is 11.0 Å². The Kier molecular flexibility index (Phi) is 4.91. The van der Waals surface area contributed by atoms with E-state index < -0.39 is 11.7 Å². The van der Waals surface area contributed by atoms with Gasteiger partial charge in [-0.2, -0.15) is 0 Å². The Morgan fingerprint density at radius 2 is 2.00 bits per heavy atom. The highest BCUT2D eigenvalue weighted by molar-refractivity contribution is 8.00. The number of benzene rings is 2. The summed E-state index contributed by atoms with van der Waals surface area (Å²) in [6, 6.07) is 14.6. The van der Waals surface area contributed by atoms with E-state index in [1.54, 1.807) is 30.8 Å². The molecule has 4 aromatic rings. The fourth-order valence-electron chi connectivity index (χ4n) is 2.62. The molecule has 0 radical (unpaired) electrons. The highest BCUT2D eigenvalue weighted by Gasteiger charge is 2.20. The van der Waals surface area contributed by atoms with Gasteiger partial charge in [0.15, 0.2) is 21.5 Å². The lowest BCUT2D eigenvalue weighted by Gasteiger charge is -1.98. The van der Waals surface area contributed by atoms with Gasteiger partial charge in [-0.1, -0.05) is 65.6 Å². The normalized spacial score (nSPS) is 11.0. The number of hydrogen-bond donors (Lipinski definition) is 1. The molecule has 5 nitrogen and oxygen atoms in total. The predicted molar refractivity (Wildman–Crippen MR) is 105 cm³/mol. The van der Waals surface area contributed by atoms with Crippen LogP contribution >= 0.6 is 23.1 Å². The van der Waals surface area contributed by atoms with Crippen LogP contribution in [0.15, 0.2) is 57.3 Å². The number of halogens is 1. The van der Waals surface area contributed by atoms with Gasteiger partial charge >= 0.3 is 0 Å². The van der Waals surface area contributed by atoms with Gasteiger partial charge in [-0.3, -0.25) is 10.1 Å². The minimum atomic E-state index is -0.495. The van der Waals surface area contributed by atoms with Crippen LogP contribution in [0.4, 0.5) is 9.52 Å². The first kappa shape index (κ1) is 17.7. The second-order valence-electron chi connectivity index (χ2n) is 5.77. The Labute approximate surface area is 162 Å². The Bertz CT molecular complexity index is 1110. The summed E-state index contributed by atoms with van der Waals surface area (Å²) in [6.07, 6.45) is 0. The summed E-state index contributed by atoms with van der Waals surface area (Å²) in [6.45, 7) is 1.72. The topological polar surface area (TPSA) is 68.0 Å². The van der Waals surface area contributed by atoms with Crippen LogP contribution in [0.1, 0.15) is 21.7 Å². The average molecular weight is 399 g/mol. The number of aryl methyl sites for hydroxylation is 1. The smallest absolute Gasteiger partial charge is 0.293 e. The molecule has 0 aliphatic heterocycles. The van der Waals surface area contributed by atoms with E-state index in [0.717, 1.165) is 10.1 Å². The van der Waals surface area contributed by atoms with Crippen LogP contribution in [0.5, 0.6) is 0 Å². The molecule has 0 bridgehead atoms. The highest BCUT2D eigenvalue weighted by atomic mass is 32.2. The number of carbonyl (C=O) groups is 1. The molecule has 1 N–H and O–H groups in total.